The Balaban J connectivity index is 3.77. The van der Waals surface area contributed by atoms with Crippen molar-refractivity contribution in [1.29, 1.82) is 0 Å². The number of halogens is 3. The van der Waals surface area contributed by atoms with Gasteiger partial charge in [-0.05, 0) is 26.7 Å². The second kappa shape index (κ2) is 5.10. The lowest BCUT2D eigenvalue weighted by Gasteiger charge is -2.08. The van der Waals surface area contributed by atoms with Crippen molar-refractivity contribution >= 4 is 0 Å². The molecule has 0 atom stereocenters. The van der Waals surface area contributed by atoms with Gasteiger partial charge in [-0.3, -0.25) is 0 Å². The van der Waals surface area contributed by atoms with E-state index in [1.54, 1.807) is 0 Å². The van der Waals surface area contributed by atoms with Gasteiger partial charge in [0.05, 0.1) is 6.42 Å². The molecular formula is C10H15F3. The van der Waals surface area contributed by atoms with Crippen molar-refractivity contribution in [2.45, 2.75) is 39.3 Å². The Morgan fingerprint density at radius 3 is 2.23 bits per heavy atom. The highest BCUT2D eigenvalue weighted by Gasteiger charge is 2.27. The van der Waals surface area contributed by atoms with Crippen LogP contribution in [0.1, 0.15) is 33.1 Å². The Kier molecular flexibility index (Phi) is 4.81. The Morgan fingerprint density at radius 1 is 1.31 bits per heavy atom. The summed E-state index contributed by atoms with van der Waals surface area (Å²) in [4.78, 5) is 0. The lowest BCUT2D eigenvalue weighted by Crippen LogP contribution is -2.08. The second-order valence-electron chi connectivity index (χ2n) is 3.18. The summed E-state index contributed by atoms with van der Waals surface area (Å²) in [5.41, 5.74) is 1.36. The maximum atomic E-state index is 11.8. The fourth-order valence-corrected chi connectivity index (χ4v) is 0.890. The quantitative estimate of drug-likeness (QED) is 0.584. The Labute approximate surface area is 77.1 Å². The first kappa shape index (κ1) is 12.3. The molecule has 0 rings (SSSR count). The predicted octanol–water partition coefficient (Wildman–Crippen LogP) is 4.24. The molecule has 0 bridgehead atoms. The minimum Gasteiger partial charge on any atom is -0.171 e. The zero-order valence-corrected chi connectivity index (χ0v) is 8.04. The van der Waals surface area contributed by atoms with Crippen molar-refractivity contribution in [1.82, 2.24) is 0 Å². The van der Waals surface area contributed by atoms with E-state index in [-0.39, 0.29) is 5.57 Å². The van der Waals surface area contributed by atoms with Crippen molar-refractivity contribution in [3.63, 3.8) is 0 Å². The number of rotatable bonds is 4. The lowest BCUT2D eigenvalue weighted by atomic mass is 10.0. The molecule has 0 N–H and O–H groups in total. The zero-order chi connectivity index (χ0) is 10.5. The van der Waals surface area contributed by atoms with Crippen LogP contribution in [0.2, 0.25) is 0 Å². The summed E-state index contributed by atoms with van der Waals surface area (Å²) in [5.74, 6) is 0. The maximum Gasteiger partial charge on any atom is 0.392 e. The predicted molar refractivity (Wildman–Crippen MR) is 48.5 cm³/mol. The molecule has 0 aliphatic rings. The number of alkyl halides is 3. The third-order valence-electron chi connectivity index (χ3n) is 1.82. The van der Waals surface area contributed by atoms with Crippen LogP contribution < -0.4 is 0 Å². The first-order valence-corrected chi connectivity index (χ1v) is 4.20. The molecule has 0 heterocycles. The first-order chi connectivity index (χ1) is 5.85. The molecule has 3 heteroatoms. The van der Waals surface area contributed by atoms with E-state index in [1.807, 2.05) is 19.9 Å². The van der Waals surface area contributed by atoms with Gasteiger partial charge >= 0.3 is 6.18 Å². The van der Waals surface area contributed by atoms with E-state index in [4.69, 9.17) is 0 Å². The minimum absolute atomic E-state index is 0.258. The van der Waals surface area contributed by atoms with Gasteiger partial charge in [-0.25, -0.2) is 0 Å². The average molecular weight is 192 g/mol. The molecule has 0 unspecified atom stereocenters. The van der Waals surface area contributed by atoms with Crippen LogP contribution in [0.3, 0.4) is 0 Å². The van der Waals surface area contributed by atoms with Crippen LogP contribution in [0.15, 0.2) is 23.8 Å². The van der Waals surface area contributed by atoms with Gasteiger partial charge in [0.2, 0.25) is 0 Å². The van der Waals surface area contributed by atoms with Gasteiger partial charge in [0.15, 0.2) is 0 Å². The van der Waals surface area contributed by atoms with Gasteiger partial charge in [-0.15, -0.1) is 0 Å². The molecule has 0 aromatic rings. The smallest absolute Gasteiger partial charge is 0.171 e. The van der Waals surface area contributed by atoms with Crippen molar-refractivity contribution < 1.29 is 13.2 Å². The van der Waals surface area contributed by atoms with Gasteiger partial charge in [0.1, 0.15) is 0 Å². The largest absolute Gasteiger partial charge is 0.392 e. The van der Waals surface area contributed by atoms with Gasteiger partial charge < -0.3 is 0 Å². The molecule has 76 valence electrons. The molecule has 0 aromatic heterocycles. The molecule has 0 aromatic carbocycles. The zero-order valence-electron chi connectivity index (χ0n) is 8.04. The van der Waals surface area contributed by atoms with Crippen LogP contribution in [0.25, 0.3) is 0 Å². The van der Waals surface area contributed by atoms with Crippen LogP contribution in [-0.2, 0) is 0 Å². The highest BCUT2D eigenvalue weighted by Crippen LogP contribution is 2.26. The summed E-state index contributed by atoms with van der Waals surface area (Å²) in [5, 5.41) is 0. The van der Waals surface area contributed by atoms with Gasteiger partial charge in [0, 0.05) is 0 Å². The summed E-state index contributed by atoms with van der Waals surface area (Å²) in [6.07, 6.45) is -1.97. The molecular weight excluding hydrogens is 177 g/mol. The molecule has 13 heavy (non-hydrogen) atoms. The average Bonchev–Trinajstić information content (AvgIpc) is 1.97. The van der Waals surface area contributed by atoms with Crippen molar-refractivity contribution in [3.8, 4) is 0 Å². The van der Waals surface area contributed by atoms with Crippen LogP contribution >= 0.6 is 0 Å². The summed E-state index contributed by atoms with van der Waals surface area (Å²) in [6.45, 7) is 7.18. The molecule has 0 nitrogen and oxygen atoms in total. The van der Waals surface area contributed by atoms with Crippen LogP contribution in [0, 0.1) is 0 Å². The Morgan fingerprint density at radius 2 is 1.85 bits per heavy atom. The summed E-state index contributed by atoms with van der Waals surface area (Å²) in [6, 6.07) is 0. The van der Waals surface area contributed by atoms with Crippen LogP contribution in [0.4, 0.5) is 13.2 Å². The molecule has 0 amide bonds. The van der Waals surface area contributed by atoms with E-state index in [0.29, 0.717) is 12.8 Å². The Hall–Kier alpha value is -0.730. The number of hydrogen-bond donors (Lipinski definition) is 0. The second-order valence-corrected chi connectivity index (χ2v) is 3.18. The van der Waals surface area contributed by atoms with E-state index in [0.717, 1.165) is 5.57 Å². The fourth-order valence-electron chi connectivity index (χ4n) is 0.890. The van der Waals surface area contributed by atoms with Crippen molar-refractivity contribution in [2.24, 2.45) is 0 Å². The van der Waals surface area contributed by atoms with Crippen molar-refractivity contribution in [2.75, 3.05) is 0 Å². The first-order valence-electron chi connectivity index (χ1n) is 4.20. The maximum absolute atomic E-state index is 11.8. The van der Waals surface area contributed by atoms with Crippen LogP contribution in [0.5, 0.6) is 0 Å². The third-order valence-corrected chi connectivity index (χ3v) is 1.82. The van der Waals surface area contributed by atoms with E-state index in [2.05, 4.69) is 6.58 Å². The highest BCUT2D eigenvalue weighted by atomic mass is 19.4. The summed E-state index contributed by atoms with van der Waals surface area (Å²) >= 11 is 0. The topological polar surface area (TPSA) is 0 Å². The SMILES string of the molecule is C=C(CC/C(C)=C\C)CC(F)(F)F. The molecule has 0 fully saturated rings. The van der Waals surface area contributed by atoms with E-state index >= 15 is 0 Å². The monoisotopic (exact) mass is 192 g/mol. The molecule has 0 saturated carbocycles. The van der Waals surface area contributed by atoms with Crippen molar-refractivity contribution in [3.05, 3.63) is 23.8 Å². The fraction of sp³-hybridized carbons (Fsp3) is 0.600. The van der Waals surface area contributed by atoms with E-state index in [1.165, 1.54) is 0 Å². The van der Waals surface area contributed by atoms with E-state index < -0.39 is 12.6 Å². The lowest BCUT2D eigenvalue weighted by molar-refractivity contribution is -0.127. The molecule has 0 aliphatic heterocycles. The number of allylic oxidation sites excluding steroid dienone is 3. The molecule has 0 aliphatic carbocycles. The van der Waals surface area contributed by atoms with Gasteiger partial charge in [-0.1, -0.05) is 23.8 Å². The summed E-state index contributed by atoms with van der Waals surface area (Å²) < 4.78 is 35.5. The third kappa shape index (κ3) is 7.62. The molecule has 0 radical (unpaired) electrons. The normalized spacial score (nSPS) is 13.2. The summed E-state index contributed by atoms with van der Waals surface area (Å²) in [7, 11) is 0. The van der Waals surface area contributed by atoms with Gasteiger partial charge in [0.25, 0.3) is 0 Å². The van der Waals surface area contributed by atoms with Gasteiger partial charge in [-0.2, -0.15) is 13.2 Å². The number of hydrogen-bond acceptors (Lipinski definition) is 0. The molecule has 0 saturated heterocycles. The van der Waals surface area contributed by atoms with E-state index in [9.17, 15) is 13.2 Å². The highest BCUT2D eigenvalue weighted by molar-refractivity contribution is 5.03. The Bertz CT molecular complexity index is 199. The molecule has 0 spiro atoms. The van der Waals surface area contributed by atoms with Crippen LogP contribution in [-0.4, -0.2) is 6.18 Å². The standard InChI is InChI=1S/C10H15F3/c1-4-8(2)5-6-9(3)7-10(11,12)13/h4H,3,5-7H2,1-2H3/b8-4-. The minimum atomic E-state index is -4.11.